The van der Waals surface area contributed by atoms with E-state index in [4.69, 9.17) is 4.42 Å². The lowest BCUT2D eigenvalue weighted by Crippen LogP contribution is -2.43. The molecule has 1 aliphatic heterocycles. The average molecular weight is 429 g/mol. The number of rotatable bonds is 3. The van der Waals surface area contributed by atoms with Gasteiger partial charge in [-0.1, -0.05) is 24.3 Å². The molecule has 0 bridgehead atoms. The van der Waals surface area contributed by atoms with Crippen LogP contribution in [0.15, 0.2) is 59.3 Å². The maximum atomic E-state index is 12.5. The molecule has 31 heavy (non-hydrogen) atoms. The van der Waals surface area contributed by atoms with Gasteiger partial charge in [-0.2, -0.15) is 0 Å². The van der Waals surface area contributed by atoms with Gasteiger partial charge in [0.1, 0.15) is 23.2 Å². The normalized spacial score (nSPS) is 16.7. The number of anilines is 1. The van der Waals surface area contributed by atoms with Crippen LogP contribution >= 0.6 is 0 Å². The Bertz CT molecular complexity index is 1250. The van der Waals surface area contributed by atoms with E-state index >= 15 is 0 Å². The van der Waals surface area contributed by atoms with Crippen molar-refractivity contribution in [3.05, 3.63) is 60.4 Å². The van der Waals surface area contributed by atoms with Crippen LogP contribution < -0.4 is 9.64 Å². The first-order chi connectivity index (χ1) is 14.8. The van der Waals surface area contributed by atoms with Crippen LogP contribution in [-0.2, 0) is 5.60 Å². The van der Waals surface area contributed by atoms with Crippen molar-refractivity contribution in [2.24, 2.45) is 0 Å². The number of aromatic nitrogens is 2. The number of fused-ring (bicyclic) bond motifs is 3. The fourth-order valence-corrected chi connectivity index (χ4v) is 4.10. The Hall–Kier alpha value is -3.33. The highest BCUT2D eigenvalue weighted by atomic mass is 19.4. The van der Waals surface area contributed by atoms with Gasteiger partial charge in [0, 0.05) is 18.5 Å². The van der Waals surface area contributed by atoms with Crippen molar-refractivity contribution < 1.29 is 27.4 Å². The number of para-hydroxylation sites is 1. The number of alkyl halides is 3. The van der Waals surface area contributed by atoms with Gasteiger partial charge in [-0.25, -0.2) is 9.97 Å². The first-order valence-corrected chi connectivity index (χ1v) is 9.78. The van der Waals surface area contributed by atoms with E-state index in [1.807, 2.05) is 29.2 Å². The minimum atomic E-state index is -4.78. The Morgan fingerprint density at radius 3 is 2.58 bits per heavy atom. The van der Waals surface area contributed by atoms with Gasteiger partial charge in [-0.05, 0) is 42.7 Å². The van der Waals surface area contributed by atoms with Crippen LogP contribution in [0.2, 0.25) is 0 Å². The molecule has 6 nitrogen and oxygen atoms in total. The molecule has 2 aromatic carbocycles. The molecule has 9 heteroatoms. The molecule has 0 atom stereocenters. The summed E-state index contributed by atoms with van der Waals surface area (Å²) in [4.78, 5) is 10.7. The van der Waals surface area contributed by atoms with Gasteiger partial charge in [-0.15, -0.1) is 13.2 Å². The highest BCUT2D eigenvalue weighted by Gasteiger charge is 2.37. The molecule has 1 saturated heterocycles. The molecule has 0 amide bonds. The lowest BCUT2D eigenvalue weighted by Gasteiger charge is -2.39. The highest BCUT2D eigenvalue weighted by molar-refractivity contribution is 6.05. The number of hydrogen-bond acceptors (Lipinski definition) is 6. The van der Waals surface area contributed by atoms with Crippen LogP contribution in [0.25, 0.3) is 22.1 Å². The van der Waals surface area contributed by atoms with Crippen LogP contribution in [0.5, 0.6) is 5.75 Å². The highest BCUT2D eigenvalue weighted by Crippen LogP contribution is 2.38. The maximum Gasteiger partial charge on any atom is 0.573 e. The smallest absolute Gasteiger partial charge is 0.450 e. The minimum Gasteiger partial charge on any atom is -0.450 e. The van der Waals surface area contributed by atoms with E-state index in [0.29, 0.717) is 48.5 Å². The van der Waals surface area contributed by atoms with Gasteiger partial charge in [0.05, 0.1) is 5.60 Å². The van der Waals surface area contributed by atoms with Crippen molar-refractivity contribution >= 4 is 27.9 Å². The number of aliphatic hydroxyl groups is 1. The van der Waals surface area contributed by atoms with Gasteiger partial charge in [0.2, 0.25) is 0 Å². The average Bonchev–Trinajstić information content (AvgIpc) is 3.12. The monoisotopic (exact) mass is 429 g/mol. The quantitative estimate of drug-likeness (QED) is 0.506. The van der Waals surface area contributed by atoms with Crippen molar-refractivity contribution in [1.29, 1.82) is 0 Å². The third-order valence-electron chi connectivity index (χ3n) is 5.63. The number of benzene rings is 2. The minimum absolute atomic E-state index is 0.314. The van der Waals surface area contributed by atoms with E-state index in [0.717, 1.165) is 10.9 Å². The first-order valence-electron chi connectivity index (χ1n) is 9.78. The summed E-state index contributed by atoms with van der Waals surface area (Å²) >= 11 is 0. The van der Waals surface area contributed by atoms with Gasteiger partial charge in [0.25, 0.3) is 0 Å². The molecule has 160 valence electrons. The van der Waals surface area contributed by atoms with Crippen LogP contribution in [0.3, 0.4) is 0 Å². The summed E-state index contributed by atoms with van der Waals surface area (Å²) < 4.78 is 47.6. The summed E-state index contributed by atoms with van der Waals surface area (Å²) in [7, 11) is 0. The molecule has 5 rings (SSSR count). The Balaban J connectivity index is 1.40. The third kappa shape index (κ3) is 3.65. The summed E-state index contributed by atoms with van der Waals surface area (Å²) in [5.41, 5.74) is 1.15. The molecule has 0 radical (unpaired) electrons. The lowest BCUT2D eigenvalue weighted by atomic mass is 9.84. The second-order valence-electron chi connectivity index (χ2n) is 7.57. The molecule has 0 unspecified atom stereocenters. The lowest BCUT2D eigenvalue weighted by molar-refractivity contribution is -0.274. The number of hydrogen-bond donors (Lipinski definition) is 1. The molecule has 1 N–H and O–H groups in total. The SMILES string of the molecule is OC1(c2cccc(OC(F)(F)F)c2)CCN(c2ncnc3c2oc2ccccc23)CC1. The maximum absolute atomic E-state index is 12.5. The van der Waals surface area contributed by atoms with Crippen molar-refractivity contribution in [3.63, 3.8) is 0 Å². The zero-order valence-electron chi connectivity index (χ0n) is 16.3. The predicted octanol–water partition coefficient (Wildman–Crippen LogP) is 4.76. The van der Waals surface area contributed by atoms with Crippen molar-refractivity contribution in [2.75, 3.05) is 18.0 Å². The zero-order chi connectivity index (χ0) is 21.6. The summed E-state index contributed by atoms with van der Waals surface area (Å²) in [6.45, 7) is 0.897. The second kappa shape index (κ2) is 7.12. The van der Waals surface area contributed by atoms with Crippen LogP contribution in [-0.4, -0.2) is 34.5 Å². The Morgan fingerprint density at radius 2 is 1.81 bits per heavy atom. The van der Waals surface area contributed by atoms with Gasteiger partial charge >= 0.3 is 6.36 Å². The summed E-state index contributed by atoms with van der Waals surface area (Å²) in [6.07, 6.45) is -2.67. The number of nitrogens with zero attached hydrogens (tertiary/aromatic N) is 3. The Kier molecular flexibility index (Phi) is 4.51. The fraction of sp³-hybridized carbons (Fsp3) is 0.273. The van der Waals surface area contributed by atoms with Crippen molar-refractivity contribution in [1.82, 2.24) is 9.97 Å². The van der Waals surface area contributed by atoms with E-state index in [2.05, 4.69) is 14.7 Å². The van der Waals surface area contributed by atoms with E-state index < -0.39 is 12.0 Å². The molecule has 1 aliphatic rings. The van der Waals surface area contributed by atoms with E-state index in [9.17, 15) is 18.3 Å². The molecule has 4 aromatic rings. The molecule has 0 spiro atoms. The second-order valence-corrected chi connectivity index (χ2v) is 7.57. The first kappa shape index (κ1) is 19.6. The molecular weight excluding hydrogens is 411 g/mol. The van der Waals surface area contributed by atoms with Gasteiger partial charge in [-0.3, -0.25) is 0 Å². The Morgan fingerprint density at radius 1 is 1.03 bits per heavy atom. The van der Waals surface area contributed by atoms with Crippen molar-refractivity contribution in [3.8, 4) is 5.75 Å². The molecule has 0 saturated carbocycles. The van der Waals surface area contributed by atoms with Gasteiger partial charge < -0.3 is 19.2 Å². The van der Waals surface area contributed by atoms with E-state index in [-0.39, 0.29) is 5.75 Å². The van der Waals surface area contributed by atoms with Crippen LogP contribution in [0, 0.1) is 0 Å². The predicted molar refractivity (Wildman–Crippen MR) is 108 cm³/mol. The zero-order valence-corrected chi connectivity index (χ0v) is 16.3. The number of ether oxygens (including phenoxy) is 1. The topological polar surface area (TPSA) is 71.6 Å². The fourth-order valence-electron chi connectivity index (χ4n) is 4.10. The summed E-state index contributed by atoms with van der Waals surface area (Å²) in [5.74, 6) is 0.290. The number of halogens is 3. The Labute approximate surface area is 174 Å². The van der Waals surface area contributed by atoms with Crippen molar-refractivity contribution in [2.45, 2.75) is 24.8 Å². The molecule has 2 aromatic heterocycles. The number of furan rings is 1. The summed E-state index contributed by atoms with van der Waals surface area (Å²) in [5, 5.41) is 12.0. The summed E-state index contributed by atoms with van der Waals surface area (Å²) in [6, 6.07) is 13.1. The standard InChI is InChI=1S/C22H18F3N3O3/c23-22(24,25)31-15-5-3-4-14(12-15)21(29)8-10-28(11-9-21)20-19-18(26-13-27-20)16-6-1-2-7-17(16)30-19/h1-7,12-13,29H,8-11H2. The van der Waals surface area contributed by atoms with E-state index in [1.54, 1.807) is 6.07 Å². The van der Waals surface area contributed by atoms with Crippen LogP contribution in [0.4, 0.5) is 19.0 Å². The third-order valence-corrected chi connectivity index (χ3v) is 5.63. The van der Waals surface area contributed by atoms with E-state index in [1.165, 1.54) is 24.5 Å². The molecule has 0 aliphatic carbocycles. The largest absolute Gasteiger partial charge is 0.573 e. The number of piperidine rings is 1. The molecule has 3 heterocycles. The van der Waals surface area contributed by atoms with Gasteiger partial charge in [0.15, 0.2) is 11.4 Å². The molecule has 1 fully saturated rings. The van der Waals surface area contributed by atoms with Crippen LogP contribution in [0.1, 0.15) is 18.4 Å². The molecular formula is C22H18F3N3O3.